The van der Waals surface area contributed by atoms with Crippen LogP contribution in [-0.4, -0.2) is 37.4 Å². The number of hydrogen-bond acceptors (Lipinski definition) is 3. The highest BCUT2D eigenvalue weighted by molar-refractivity contribution is 6.31. The Labute approximate surface area is 105 Å². The standard InChI is InChI=1S/C12H16ClFN2O/c13-11-7-9(1-2-12(11)14)16(5-6-17)10-3-4-15-8-10/h1-2,7,10,15,17H,3-6,8H2. The molecule has 0 aromatic heterocycles. The molecule has 1 unspecified atom stereocenters. The van der Waals surface area contributed by atoms with Gasteiger partial charge < -0.3 is 15.3 Å². The molecular weight excluding hydrogens is 243 g/mol. The van der Waals surface area contributed by atoms with Crippen LogP contribution in [0, 0.1) is 5.82 Å². The molecular formula is C12H16ClFN2O. The molecule has 5 heteroatoms. The van der Waals surface area contributed by atoms with Crippen LogP contribution in [0.15, 0.2) is 18.2 Å². The molecule has 1 fully saturated rings. The van der Waals surface area contributed by atoms with Crippen molar-refractivity contribution < 1.29 is 9.50 Å². The molecule has 94 valence electrons. The van der Waals surface area contributed by atoms with E-state index in [1.165, 1.54) is 6.07 Å². The van der Waals surface area contributed by atoms with Crippen molar-refractivity contribution >= 4 is 17.3 Å². The first-order chi connectivity index (χ1) is 8.22. The molecule has 1 aromatic rings. The van der Waals surface area contributed by atoms with Crippen molar-refractivity contribution in [2.45, 2.75) is 12.5 Å². The third kappa shape index (κ3) is 2.89. The van der Waals surface area contributed by atoms with Crippen molar-refractivity contribution in [1.29, 1.82) is 0 Å². The fourth-order valence-corrected chi connectivity index (χ4v) is 2.37. The average molecular weight is 259 g/mol. The molecule has 1 aliphatic heterocycles. The minimum Gasteiger partial charge on any atom is -0.395 e. The summed E-state index contributed by atoms with van der Waals surface area (Å²) >= 11 is 5.78. The largest absolute Gasteiger partial charge is 0.395 e. The second-order valence-electron chi connectivity index (χ2n) is 4.16. The van der Waals surface area contributed by atoms with E-state index in [-0.39, 0.29) is 11.6 Å². The fourth-order valence-electron chi connectivity index (χ4n) is 2.20. The van der Waals surface area contributed by atoms with E-state index in [1.807, 2.05) is 0 Å². The summed E-state index contributed by atoms with van der Waals surface area (Å²) in [5.74, 6) is -0.413. The van der Waals surface area contributed by atoms with E-state index >= 15 is 0 Å². The van der Waals surface area contributed by atoms with Crippen LogP contribution in [0.5, 0.6) is 0 Å². The SMILES string of the molecule is OCCN(c1ccc(F)c(Cl)c1)C1CCNC1. The van der Waals surface area contributed by atoms with Gasteiger partial charge in [0.15, 0.2) is 0 Å². The predicted molar refractivity (Wildman–Crippen MR) is 67.1 cm³/mol. The summed E-state index contributed by atoms with van der Waals surface area (Å²) in [6.07, 6.45) is 1.02. The van der Waals surface area contributed by atoms with Crippen molar-refractivity contribution in [3.05, 3.63) is 29.0 Å². The van der Waals surface area contributed by atoms with E-state index in [9.17, 15) is 4.39 Å². The molecule has 1 aromatic carbocycles. The van der Waals surface area contributed by atoms with E-state index < -0.39 is 5.82 Å². The molecule has 1 atom stereocenters. The molecule has 0 bridgehead atoms. The zero-order valence-corrected chi connectivity index (χ0v) is 10.3. The summed E-state index contributed by atoms with van der Waals surface area (Å²) in [6, 6.07) is 5.02. The van der Waals surface area contributed by atoms with Gasteiger partial charge in [-0.15, -0.1) is 0 Å². The Bertz CT molecular complexity index is 383. The van der Waals surface area contributed by atoms with Crippen LogP contribution in [0.3, 0.4) is 0 Å². The van der Waals surface area contributed by atoms with Crippen molar-refractivity contribution in [3.8, 4) is 0 Å². The van der Waals surface area contributed by atoms with Gasteiger partial charge in [0.1, 0.15) is 5.82 Å². The summed E-state index contributed by atoms with van der Waals surface area (Å²) in [5.41, 5.74) is 0.860. The van der Waals surface area contributed by atoms with Crippen molar-refractivity contribution in [2.24, 2.45) is 0 Å². The normalized spacial score (nSPS) is 19.6. The average Bonchev–Trinajstić information content (AvgIpc) is 2.83. The lowest BCUT2D eigenvalue weighted by Crippen LogP contribution is -2.38. The molecule has 1 saturated heterocycles. The minimum absolute atomic E-state index is 0.0749. The Balaban J connectivity index is 2.21. The first kappa shape index (κ1) is 12.6. The number of aliphatic hydroxyl groups is 1. The van der Waals surface area contributed by atoms with Crippen LogP contribution in [-0.2, 0) is 0 Å². The molecule has 3 nitrogen and oxygen atoms in total. The van der Waals surface area contributed by atoms with Gasteiger partial charge in [-0.05, 0) is 31.2 Å². The maximum absolute atomic E-state index is 13.1. The van der Waals surface area contributed by atoms with Crippen molar-refractivity contribution in [1.82, 2.24) is 5.32 Å². The molecule has 0 aliphatic carbocycles. The van der Waals surface area contributed by atoms with Crippen LogP contribution >= 0.6 is 11.6 Å². The highest BCUT2D eigenvalue weighted by atomic mass is 35.5. The van der Waals surface area contributed by atoms with E-state index in [4.69, 9.17) is 16.7 Å². The molecule has 1 heterocycles. The van der Waals surface area contributed by atoms with Gasteiger partial charge in [0.2, 0.25) is 0 Å². The molecule has 2 N–H and O–H groups in total. The monoisotopic (exact) mass is 258 g/mol. The molecule has 2 rings (SSSR count). The van der Waals surface area contributed by atoms with Crippen LogP contribution in [0.2, 0.25) is 5.02 Å². The second kappa shape index (κ2) is 5.67. The van der Waals surface area contributed by atoms with Gasteiger partial charge in [-0.3, -0.25) is 0 Å². The maximum Gasteiger partial charge on any atom is 0.141 e. The zero-order chi connectivity index (χ0) is 12.3. The molecule has 0 amide bonds. The quantitative estimate of drug-likeness (QED) is 0.862. The Morgan fingerprint density at radius 1 is 1.53 bits per heavy atom. The third-order valence-corrected chi connectivity index (χ3v) is 3.34. The minimum atomic E-state index is -0.413. The summed E-state index contributed by atoms with van der Waals surface area (Å²) in [6.45, 7) is 2.47. The number of halogens is 2. The smallest absolute Gasteiger partial charge is 0.141 e. The fraction of sp³-hybridized carbons (Fsp3) is 0.500. The van der Waals surface area contributed by atoms with Crippen molar-refractivity contribution in [2.75, 3.05) is 31.1 Å². The molecule has 17 heavy (non-hydrogen) atoms. The second-order valence-corrected chi connectivity index (χ2v) is 4.57. The number of rotatable bonds is 4. The van der Waals surface area contributed by atoms with E-state index in [0.717, 1.165) is 25.2 Å². The van der Waals surface area contributed by atoms with E-state index in [0.29, 0.717) is 12.6 Å². The van der Waals surface area contributed by atoms with Gasteiger partial charge in [-0.2, -0.15) is 0 Å². The Hall–Kier alpha value is -0.840. The molecule has 1 aliphatic rings. The Morgan fingerprint density at radius 3 is 2.94 bits per heavy atom. The van der Waals surface area contributed by atoms with Crippen LogP contribution in [0.4, 0.5) is 10.1 Å². The summed E-state index contributed by atoms with van der Waals surface area (Å²) in [5, 5.41) is 12.5. The van der Waals surface area contributed by atoms with Gasteiger partial charge in [0.25, 0.3) is 0 Å². The maximum atomic E-state index is 13.1. The molecule has 0 saturated carbocycles. The lowest BCUT2D eigenvalue weighted by atomic mass is 10.2. The first-order valence-corrected chi connectivity index (χ1v) is 6.13. The summed E-state index contributed by atoms with van der Waals surface area (Å²) in [7, 11) is 0. The Kier molecular flexibility index (Phi) is 4.20. The topological polar surface area (TPSA) is 35.5 Å². The Morgan fingerprint density at radius 2 is 2.35 bits per heavy atom. The van der Waals surface area contributed by atoms with Gasteiger partial charge >= 0.3 is 0 Å². The first-order valence-electron chi connectivity index (χ1n) is 5.75. The number of anilines is 1. The summed E-state index contributed by atoms with van der Waals surface area (Å²) < 4.78 is 13.1. The van der Waals surface area contributed by atoms with Gasteiger partial charge in [-0.1, -0.05) is 11.6 Å². The van der Waals surface area contributed by atoms with Crippen molar-refractivity contribution in [3.63, 3.8) is 0 Å². The predicted octanol–water partition coefficient (Wildman–Crippen LogP) is 1.64. The van der Waals surface area contributed by atoms with Gasteiger partial charge in [-0.25, -0.2) is 4.39 Å². The van der Waals surface area contributed by atoms with Crippen LogP contribution in [0.1, 0.15) is 6.42 Å². The molecule has 0 radical (unpaired) electrons. The summed E-state index contributed by atoms with van der Waals surface area (Å²) in [4.78, 5) is 2.07. The lowest BCUT2D eigenvalue weighted by molar-refractivity contribution is 0.298. The number of hydrogen-bond donors (Lipinski definition) is 2. The third-order valence-electron chi connectivity index (χ3n) is 3.05. The van der Waals surface area contributed by atoms with Gasteiger partial charge in [0.05, 0.1) is 11.6 Å². The van der Waals surface area contributed by atoms with Gasteiger partial charge in [0, 0.05) is 24.8 Å². The molecule has 0 spiro atoms. The van der Waals surface area contributed by atoms with E-state index in [1.54, 1.807) is 12.1 Å². The highest BCUT2D eigenvalue weighted by Gasteiger charge is 2.22. The van der Waals surface area contributed by atoms with Crippen LogP contribution < -0.4 is 10.2 Å². The lowest BCUT2D eigenvalue weighted by Gasteiger charge is -2.30. The highest BCUT2D eigenvalue weighted by Crippen LogP contribution is 2.25. The zero-order valence-electron chi connectivity index (χ0n) is 9.50. The van der Waals surface area contributed by atoms with Crippen LogP contribution in [0.25, 0.3) is 0 Å². The number of benzene rings is 1. The number of nitrogens with zero attached hydrogens (tertiary/aromatic N) is 1. The number of nitrogens with one attached hydrogen (secondary N) is 1. The van der Waals surface area contributed by atoms with E-state index in [2.05, 4.69) is 10.2 Å². The number of aliphatic hydroxyl groups excluding tert-OH is 1.